The van der Waals surface area contributed by atoms with Crippen molar-refractivity contribution in [1.82, 2.24) is 19.5 Å². The normalized spacial score (nSPS) is 40.5. The quantitative estimate of drug-likeness (QED) is 0.629. The van der Waals surface area contributed by atoms with Crippen molar-refractivity contribution in [1.29, 1.82) is 0 Å². The van der Waals surface area contributed by atoms with Crippen LogP contribution in [-0.4, -0.2) is 38.1 Å². The van der Waals surface area contributed by atoms with E-state index in [-0.39, 0.29) is 12.1 Å². The first-order valence-electron chi connectivity index (χ1n) is 7.30. The summed E-state index contributed by atoms with van der Waals surface area (Å²) in [6.07, 6.45) is 4.80. The van der Waals surface area contributed by atoms with Gasteiger partial charge in [0.15, 0.2) is 10.8 Å². The molecule has 3 heterocycles. The van der Waals surface area contributed by atoms with Crippen molar-refractivity contribution < 1.29 is 4.74 Å². The van der Waals surface area contributed by atoms with Gasteiger partial charge < -0.3 is 9.30 Å². The molecule has 2 aliphatic carbocycles. The molecule has 2 aromatic heterocycles. The standard InChI is InChI=1S/C14H14Cl2N4O/c15-2-8-6-1-7-9(8)3-21-12(7)11(6)20-5-19-10-13(16)17-4-18-14(10)20/h4-9,11-12H,1-3H2/t6-,7+,8?,9?,11?,12?/m1/s1. The molecule has 5 nitrogen and oxygen atoms in total. The monoisotopic (exact) mass is 324 g/mol. The zero-order chi connectivity index (χ0) is 14.1. The summed E-state index contributed by atoms with van der Waals surface area (Å²) in [5.41, 5.74) is 1.46. The fourth-order valence-corrected chi connectivity index (χ4v) is 5.53. The molecule has 0 radical (unpaired) electrons. The zero-order valence-corrected chi connectivity index (χ0v) is 12.7. The van der Waals surface area contributed by atoms with Gasteiger partial charge in [0.1, 0.15) is 11.8 Å². The second-order valence-corrected chi connectivity index (χ2v) is 6.99. The molecule has 6 atom stereocenters. The van der Waals surface area contributed by atoms with Crippen molar-refractivity contribution in [2.45, 2.75) is 18.6 Å². The molecule has 1 saturated heterocycles. The Hall–Kier alpha value is -0.910. The van der Waals surface area contributed by atoms with Gasteiger partial charge in [-0.05, 0) is 30.1 Å². The van der Waals surface area contributed by atoms with Crippen LogP contribution in [0.15, 0.2) is 12.7 Å². The van der Waals surface area contributed by atoms with Gasteiger partial charge in [0.25, 0.3) is 0 Å². The highest BCUT2D eigenvalue weighted by Gasteiger charge is 2.62. The van der Waals surface area contributed by atoms with E-state index in [1.165, 1.54) is 12.7 Å². The third kappa shape index (κ3) is 1.49. The lowest BCUT2D eigenvalue weighted by atomic mass is 9.78. The van der Waals surface area contributed by atoms with E-state index < -0.39 is 0 Å². The van der Waals surface area contributed by atoms with Gasteiger partial charge in [-0.3, -0.25) is 0 Å². The van der Waals surface area contributed by atoms with Crippen LogP contribution < -0.4 is 0 Å². The van der Waals surface area contributed by atoms with E-state index in [1.54, 1.807) is 0 Å². The Balaban J connectivity index is 1.65. The van der Waals surface area contributed by atoms with Crippen molar-refractivity contribution in [2.75, 3.05) is 12.5 Å². The summed E-state index contributed by atoms with van der Waals surface area (Å²) in [5, 5.41) is 0.404. The lowest BCUT2D eigenvalue weighted by molar-refractivity contribution is 0.0626. The molecule has 7 heteroatoms. The van der Waals surface area contributed by atoms with Gasteiger partial charge in [-0.15, -0.1) is 11.6 Å². The second-order valence-electron chi connectivity index (χ2n) is 6.32. The SMILES string of the molecule is ClCC1C2COC3C(n4cnc5c(Cl)ncnc54)[C@@H]1C[C@@H]23. The van der Waals surface area contributed by atoms with Crippen molar-refractivity contribution in [2.24, 2.45) is 23.7 Å². The van der Waals surface area contributed by atoms with Crippen LogP contribution >= 0.6 is 23.2 Å². The number of ether oxygens (including phenoxy) is 1. The number of imidazole rings is 1. The molecule has 0 spiro atoms. The summed E-state index contributed by atoms with van der Waals surface area (Å²) in [5.74, 6) is 3.08. The average molecular weight is 325 g/mol. The Morgan fingerprint density at radius 3 is 3.00 bits per heavy atom. The number of hydrogen-bond acceptors (Lipinski definition) is 4. The third-order valence-corrected chi connectivity index (χ3v) is 6.32. The molecule has 2 aromatic rings. The number of hydrogen-bond donors (Lipinski definition) is 0. The Kier molecular flexibility index (Phi) is 2.59. The second kappa shape index (κ2) is 4.31. The van der Waals surface area contributed by atoms with Gasteiger partial charge in [0.05, 0.1) is 25.1 Å². The summed E-state index contributed by atoms with van der Waals surface area (Å²) < 4.78 is 8.23. The summed E-state index contributed by atoms with van der Waals surface area (Å²) in [7, 11) is 0. The molecule has 1 aliphatic heterocycles. The van der Waals surface area contributed by atoms with Crippen molar-refractivity contribution in [3.05, 3.63) is 17.8 Å². The molecule has 4 unspecified atom stereocenters. The number of fused-ring (bicyclic) bond motifs is 2. The summed E-state index contributed by atoms with van der Waals surface area (Å²) >= 11 is 12.3. The lowest BCUT2D eigenvalue weighted by Crippen LogP contribution is -2.35. The first kappa shape index (κ1) is 12.6. The predicted octanol–water partition coefficient (Wildman–Crippen LogP) is 2.54. The number of aromatic nitrogens is 4. The van der Waals surface area contributed by atoms with E-state index in [1.807, 2.05) is 6.33 Å². The highest BCUT2D eigenvalue weighted by Crippen LogP contribution is 2.62. The molecular weight excluding hydrogens is 311 g/mol. The Labute approximate surface area is 131 Å². The lowest BCUT2D eigenvalue weighted by Gasteiger charge is -2.33. The van der Waals surface area contributed by atoms with Gasteiger partial charge in [0.2, 0.25) is 0 Å². The third-order valence-electron chi connectivity index (χ3n) is 5.69. The van der Waals surface area contributed by atoms with E-state index >= 15 is 0 Å². The summed E-state index contributed by atoms with van der Waals surface area (Å²) in [6, 6.07) is 0.272. The van der Waals surface area contributed by atoms with Crippen molar-refractivity contribution in [3.63, 3.8) is 0 Å². The zero-order valence-electron chi connectivity index (χ0n) is 11.2. The minimum Gasteiger partial charge on any atom is -0.375 e. The van der Waals surface area contributed by atoms with Crippen LogP contribution in [0.2, 0.25) is 5.15 Å². The smallest absolute Gasteiger partial charge is 0.165 e. The van der Waals surface area contributed by atoms with E-state index in [0.29, 0.717) is 40.2 Å². The number of nitrogens with zero attached hydrogens (tertiary/aromatic N) is 4. The molecule has 110 valence electrons. The van der Waals surface area contributed by atoms with E-state index in [2.05, 4.69) is 19.5 Å². The van der Waals surface area contributed by atoms with Crippen molar-refractivity contribution in [3.8, 4) is 0 Å². The predicted molar refractivity (Wildman–Crippen MR) is 78.4 cm³/mol. The molecule has 2 saturated carbocycles. The summed E-state index contributed by atoms with van der Waals surface area (Å²) in [4.78, 5) is 12.8. The molecule has 2 bridgehead atoms. The fourth-order valence-electron chi connectivity index (χ4n) is 4.89. The number of halogens is 2. The van der Waals surface area contributed by atoms with E-state index in [4.69, 9.17) is 27.9 Å². The minimum absolute atomic E-state index is 0.269. The molecule has 0 aromatic carbocycles. The Morgan fingerprint density at radius 2 is 2.14 bits per heavy atom. The van der Waals surface area contributed by atoms with Crippen LogP contribution in [0.1, 0.15) is 12.5 Å². The van der Waals surface area contributed by atoms with Crippen LogP contribution in [0.3, 0.4) is 0 Å². The highest BCUT2D eigenvalue weighted by molar-refractivity contribution is 6.33. The number of alkyl halides is 1. The Morgan fingerprint density at radius 1 is 1.24 bits per heavy atom. The molecule has 21 heavy (non-hydrogen) atoms. The van der Waals surface area contributed by atoms with Crippen LogP contribution in [0.4, 0.5) is 0 Å². The topological polar surface area (TPSA) is 52.8 Å². The minimum atomic E-state index is 0.269. The van der Waals surface area contributed by atoms with Gasteiger partial charge in [-0.1, -0.05) is 11.6 Å². The van der Waals surface area contributed by atoms with E-state index in [9.17, 15) is 0 Å². The molecular formula is C14H14Cl2N4O. The van der Waals surface area contributed by atoms with Gasteiger partial charge in [-0.2, -0.15) is 0 Å². The molecule has 5 rings (SSSR count). The average Bonchev–Trinajstić information content (AvgIpc) is 3.18. The van der Waals surface area contributed by atoms with Crippen LogP contribution in [0.5, 0.6) is 0 Å². The van der Waals surface area contributed by atoms with Crippen LogP contribution in [0.25, 0.3) is 11.2 Å². The first-order valence-corrected chi connectivity index (χ1v) is 8.21. The largest absolute Gasteiger partial charge is 0.375 e. The molecule has 0 amide bonds. The maximum Gasteiger partial charge on any atom is 0.165 e. The first-order chi connectivity index (χ1) is 10.3. The van der Waals surface area contributed by atoms with Crippen molar-refractivity contribution >= 4 is 34.4 Å². The van der Waals surface area contributed by atoms with Gasteiger partial charge >= 0.3 is 0 Å². The molecule has 3 aliphatic rings. The highest BCUT2D eigenvalue weighted by atomic mass is 35.5. The summed E-state index contributed by atoms with van der Waals surface area (Å²) in [6.45, 7) is 0.849. The van der Waals surface area contributed by atoms with Crippen LogP contribution in [0, 0.1) is 23.7 Å². The molecule has 0 N–H and O–H groups in total. The maximum absolute atomic E-state index is 6.24. The molecule has 3 fully saturated rings. The van der Waals surface area contributed by atoms with Crippen LogP contribution in [-0.2, 0) is 4.74 Å². The fraction of sp³-hybridized carbons (Fsp3) is 0.643. The Bertz CT molecular complexity index is 720. The van der Waals surface area contributed by atoms with E-state index in [0.717, 1.165) is 12.3 Å². The number of rotatable bonds is 2. The van der Waals surface area contributed by atoms with Gasteiger partial charge in [-0.25, -0.2) is 15.0 Å². The maximum atomic E-state index is 6.24. The van der Waals surface area contributed by atoms with Gasteiger partial charge in [0, 0.05) is 5.88 Å².